The van der Waals surface area contributed by atoms with Gasteiger partial charge in [0.05, 0.1) is 5.02 Å². The molecule has 0 fully saturated rings. The largest absolute Gasteiger partial charge is 0.336 e. The van der Waals surface area contributed by atoms with Crippen molar-refractivity contribution in [1.29, 1.82) is 0 Å². The number of carbonyl (C=O) groups excluding carboxylic acids is 1. The highest BCUT2D eigenvalue weighted by atomic mass is 35.5. The first-order chi connectivity index (χ1) is 13.6. The maximum absolute atomic E-state index is 11.2. The molecule has 0 atom stereocenters. The lowest BCUT2D eigenvalue weighted by Gasteiger charge is -2.28. The highest BCUT2D eigenvalue weighted by Crippen LogP contribution is 2.24. The normalized spacial score (nSPS) is 13.0. The van der Waals surface area contributed by atoms with Crippen LogP contribution >= 0.6 is 11.6 Å². The van der Waals surface area contributed by atoms with Crippen molar-refractivity contribution in [1.82, 2.24) is 19.9 Å². The third kappa shape index (κ3) is 4.17. The van der Waals surface area contributed by atoms with Gasteiger partial charge in [-0.25, -0.2) is 9.97 Å². The number of pyridine rings is 1. The molecule has 4 rings (SSSR count). The summed E-state index contributed by atoms with van der Waals surface area (Å²) in [5.41, 5.74) is 3.60. The van der Waals surface area contributed by atoms with E-state index in [1.54, 1.807) is 6.20 Å². The molecular formula is C19H18ClN7O. The van der Waals surface area contributed by atoms with Gasteiger partial charge in [-0.1, -0.05) is 17.7 Å². The number of hydrogen-bond donors (Lipinski definition) is 2. The van der Waals surface area contributed by atoms with Crippen LogP contribution in [0.15, 0.2) is 42.9 Å². The zero-order valence-electron chi connectivity index (χ0n) is 15.2. The van der Waals surface area contributed by atoms with E-state index in [0.717, 1.165) is 29.9 Å². The van der Waals surface area contributed by atoms with E-state index < -0.39 is 0 Å². The van der Waals surface area contributed by atoms with Crippen LogP contribution < -0.4 is 15.5 Å². The van der Waals surface area contributed by atoms with Crippen LogP contribution in [0.25, 0.3) is 0 Å². The molecule has 0 unspecified atom stereocenters. The van der Waals surface area contributed by atoms with Gasteiger partial charge in [0.25, 0.3) is 0 Å². The topological polar surface area (TPSA) is 95.9 Å². The van der Waals surface area contributed by atoms with Gasteiger partial charge in [0.15, 0.2) is 0 Å². The van der Waals surface area contributed by atoms with Crippen LogP contribution in [0.1, 0.15) is 18.2 Å². The van der Waals surface area contributed by atoms with Gasteiger partial charge in [0.1, 0.15) is 6.33 Å². The third-order valence-electron chi connectivity index (χ3n) is 4.29. The summed E-state index contributed by atoms with van der Waals surface area (Å²) in [5, 5.41) is 6.53. The first-order valence-corrected chi connectivity index (χ1v) is 9.16. The third-order valence-corrected chi connectivity index (χ3v) is 4.49. The molecule has 3 aromatic rings. The summed E-state index contributed by atoms with van der Waals surface area (Å²) in [4.78, 5) is 30.7. The second kappa shape index (κ2) is 7.77. The van der Waals surface area contributed by atoms with Crippen LogP contribution in [0.2, 0.25) is 5.02 Å². The number of anilines is 4. The number of nitrogens with one attached hydrogen (secondary N) is 2. The molecule has 0 saturated heterocycles. The Bertz CT molecular complexity index is 1030. The zero-order valence-corrected chi connectivity index (χ0v) is 15.9. The number of fused-ring (bicyclic) bond motifs is 1. The van der Waals surface area contributed by atoms with Crippen LogP contribution in [0.5, 0.6) is 0 Å². The lowest BCUT2D eigenvalue weighted by Crippen LogP contribution is -2.32. The van der Waals surface area contributed by atoms with E-state index in [1.165, 1.54) is 13.3 Å². The van der Waals surface area contributed by atoms with Crippen LogP contribution in [-0.4, -0.2) is 32.4 Å². The maximum Gasteiger partial charge on any atom is 0.232 e. The quantitative estimate of drug-likeness (QED) is 0.700. The smallest absolute Gasteiger partial charge is 0.232 e. The Morgan fingerprint density at radius 3 is 2.89 bits per heavy atom. The molecule has 2 N–H and O–H groups in total. The van der Waals surface area contributed by atoms with Crippen LogP contribution in [0.3, 0.4) is 0 Å². The molecule has 0 aliphatic carbocycles. The summed E-state index contributed by atoms with van der Waals surface area (Å²) < 4.78 is 0. The van der Waals surface area contributed by atoms with Crippen LogP contribution in [0.4, 0.5) is 23.3 Å². The van der Waals surface area contributed by atoms with Crippen molar-refractivity contribution >= 4 is 40.8 Å². The number of carbonyl (C=O) groups is 1. The Balaban J connectivity index is 1.52. The molecule has 28 heavy (non-hydrogen) atoms. The zero-order chi connectivity index (χ0) is 19.5. The van der Waals surface area contributed by atoms with Crippen molar-refractivity contribution < 1.29 is 4.79 Å². The van der Waals surface area contributed by atoms with E-state index in [9.17, 15) is 4.79 Å². The fourth-order valence-electron chi connectivity index (χ4n) is 3.08. The monoisotopic (exact) mass is 395 g/mol. The predicted molar refractivity (Wildman–Crippen MR) is 108 cm³/mol. The minimum absolute atomic E-state index is 0.125. The summed E-state index contributed by atoms with van der Waals surface area (Å²) in [7, 11) is 0. The van der Waals surface area contributed by atoms with Gasteiger partial charge in [0.2, 0.25) is 17.8 Å². The fraction of sp³-hybridized carbons (Fsp3) is 0.211. The van der Waals surface area contributed by atoms with Crippen molar-refractivity contribution in [2.24, 2.45) is 0 Å². The molecule has 0 spiro atoms. The minimum Gasteiger partial charge on any atom is -0.336 e. The van der Waals surface area contributed by atoms with Gasteiger partial charge < -0.3 is 15.5 Å². The van der Waals surface area contributed by atoms with Crippen LogP contribution in [0, 0.1) is 0 Å². The van der Waals surface area contributed by atoms with E-state index in [1.807, 2.05) is 30.3 Å². The predicted octanol–water partition coefficient (Wildman–Crippen LogP) is 3.18. The van der Waals surface area contributed by atoms with Crippen LogP contribution in [-0.2, 0) is 17.8 Å². The molecule has 3 heterocycles. The van der Waals surface area contributed by atoms with E-state index in [4.69, 9.17) is 11.6 Å². The number of benzene rings is 1. The van der Waals surface area contributed by atoms with Gasteiger partial charge in [0, 0.05) is 49.7 Å². The second-order valence-corrected chi connectivity index (χ2v) is 6.86. The summed E-state index contributed by atoms with van der Waals surface area (Å²) in [6.45, 7) is 2.88. The number of hydrogen-bond acceptors (Lipinski definition) is 7. The number of aromatic nitrogens is 4. The van der Waals surface area contributed by atoms with Crippen molar-refractivity contribution in [2.45, 2.75) is 19.9 Å². The number of amides is 1. The maximum atomic E-state index is 11.2. The molecule has 1 amide bonds. The Morgan fingerprint density at radius 1 is 1.18 bits per heavy atom. The Kier molecular flexibility index (Phi) is 5.03. The van der Waals surface area contributed by atoms with Gasteiger partial charge >= 0.3 is 0 Å². The van der Waals surface area contributed by atoms with Gasteiger partial charge in [-0.15, -0.1) is 0 Å². The highest BCUT2D eigenvalue weighted by Gasteiger charge is 2.20. The van der Waals surface area contributed by atoms with E-state index in [-0.39, 0.29) is 5.91 Å². The lowest BCUT2D eigenvalue weighted by atomic mass is 10.1. The molecule has 1 aliphatic rings. The van der Waals surface area contributed by atoms with E-state index in [0.29, 0.717) is 29.2 Å². The number of rotatable bonds is 4. The van der Waals surface area contributed by atoms with Crippen molar-refractivity contribution in [3.63, 3.8) is 0 Å². The SMILES string of the molecule is CC(=O)Nc1cccc(Nc2ncnc(N3CCc4ncc(Cl)cc4C3)n2)c1. The summed E-state index contributed by atoms with van der Waals surface area (Å²) in [6.07, 6.45) is 3.96. The molecule has 0 bridgehead atoms. The molecule has 9 heteroatoms. The van der Waals surface area contributed by atoms with Gasteiger partial charge in [-0.2, -0.15) is 4.98 Å². The van der Waals surface area contributed by atoms with E-state index in [2.05, 4.69) is 35.5 Å². The number of halogens is 1. The van der Waals surface area contributed by atoms with Gasteiger partial charge in [-0.05, 0) is 29.8 Å². The van der Waals surface area contributed by atoms with Crippen molar-refractivity contribution in [2.75, 3.05) is 22.1 Å². The summed E-state index contributed by atoms with van der Waals surface area (Å²) in [5.74, 6) is 0.890. The Hall–Kier alpha value is -3.26. The van der Waals surface area contributed by atoms with E-state index >= 15 is 0 Å². The Morgan fingerprint density at radius 2 is 2.04 bits per heavy atom. The average Bonchev–Trinajstić information content (AvgIpc) is 2.67. The number of nitrogens with zero attached hydrogens (tertiary/aromatic N) is 5. The standard InChI is InChI=1S/C19H18ClN7O/c1-12(28)24-15-3-2-4-16(8-15)25-18-22-11-23-19(26-18)27-6-5-17-13(10-27)7-14(20)9-21-17/h2-4,7-9,11H,5-6,10H2,1H3,(H,24,28)(H,22,23,25,26). The molecular weight excluding hydrogens is 378 g/mol. The highest BCUT2D eigenvalue weighted by molar-refractivity contribution is 6.30. The molecule has 1 aromatic carbocycles. The molecule has 8 nitrogen and oxygen atoms in total. The lowest BCUT2D eigenvalue weighted by molar-refractivity contribution is -0.114. The summed E-state index contributed by atoms with van der Waals surface area (Å²) >= 11 is 6.07. The van der Waals surface area contributed by atoms with Gasteiger partial charge in [-0.3, -0.25) is 9.78 Å². The Labute approximate surface area is 167 Å². The first kappa shape index (κ1) is 18.1. The fourth-order valence-corrected chi connectivity index (χ4v) is 3.26. The average molecular weight is 396 g/mol. The first-order valence-electron chi connectivity index (χ1n) is 8.79. The molecule has 0 radical (unpaired) electrons. The molecule has 0 saturated carbocycles. The minimum atomic E-state index is -0.125. The molecule has 1 aliphatic heterocycles. The van der Waals surface area contributed by atoms with Crippen molar-refractivity contribution in [3.05, 3.63) is 59.1 Å². The summed E-state index contributed by atoms with van der Waals surface area (Å²) in [6, 6.07) is 9.28. The molecule has 142 valence electrons. The second-order valence-electron chi connectivity index (χ2n) is 6.43. The van der Waals surface area contributed by atoms with Crippen molar-refractivity contribution in [3.8, 4) is 0 Å². The molecule has 2 aromatic heterocycles.